The van der Waals surface area contributed by atoms with Crippen molar-refractivity contribution < 1.29 is 9.59 Å². The molecule has 0 aromatic heterocycles. The predicted molar refractivity (Wildman–Crippen MR) is 100 cm³/mol. The van der Waals surface area contributed by atoms with Gasteiger partial charge < -0.3 is 10.6 Å². The van der Waals surface area contributed by atoms with E-state index in [-0.39, 0.29) is 0 Å². The third-order valence-corrected chi connectivity index (χ3v) is 4.05. The number of rotatable bonds is 11. The smallest absolute Gasteiger partial charge is 0.313 e. The monoisotopic (exact) mass is 332 g/mol. The van der Waals surface area contributed by atoms with Crippen LogP contribution in [0.4, 0.5) is 5.69 Å². The van der Waals surface area contributed by atoms with Crippen LogP contribution in [0.3, 0.4) is 0 Å². The van der Waals surface area contributed by atoms with Crippen LogP contribution in [0.5, 0.6) is 0 Å². The van der Waals surface area contributed by atoms with Crippen molar-refractivity contribution in [2.45, 2.75) is 71.6 Å². The molecule has 1 aromatic carbocycles. The Morgan fingerprint density at radius 3 is 2.08 bits per heavy atom. The van der Waals surface area contributed by atoms with Crippen molar-refractivity contribution in [2.75, 3.05) is 11.9 Å². The van der Waals surface area contributed by atoms with E-state index in [2.05, 4.69) is 24.5 Å². The fourth-order valence-electron chi connectivity index (χ4n) is 2.51. The van der Waals surface area contributed by atoms with Crippen LogP contribution >= 0.6 is 0 Å². The second-order valence-corrected chi connectivity index (χ2v) is 6.28. The first-order valence-corrected chi connectivity index (χ1v) is 9.35. The van der Waals surface area contributed by atoms with Gasteiger partial charge in [-0.15, -0.1) is 0 Å². The maximum absolute atomic E-state index is 11.9. The molecule has 0 spiro atoms. The average Bonchev–Trinajstić information content (AvgIpc) is 2.60. The summed E-state index contributed by atoms with van der Waals surface area (Å²) in [6.45, 7) is 4.92. The quantitative estimate of drug-likeness (QED) is 0.465. The fraction of sp³-hybridized carbons (Fsp3) is 0.600. The Kier molecular flexibility index (Phi) is 10.6. The molecule has 0 heterocycles. The lowest BCUT2D eigenvalue weighted by Crippen LogP contribution is -2.35. The van der Waals surface area contributed by atoms with Crippen LogP contribution < -0.4 is 10.6 Å². The zero-order valence-electron chi connectivity index (χ0n) is 15.2. The van der Waals surface area contributed by atoms with E-state index in [9.17, 15) is 9.59 Å². The molecule has 0 unspecified atom stereocenters. The van der Waals surface area contributed by atoms with Gasteiger partial charge in [0.25, 0.3) is 0 Å². The Bertz CT molecular complexity index is 483. The van der Waals surface area contributed by atoms with Gasteiger partial charge in [-0.05, 0) is 37.0 Å². The number of unbranched alkanes of at least 4 members (excludes halogenated alkanes) is 6. The van der Waals surface area contributed by atoms with E-state index in [0.29, 0.717) is 12.2 Å². The third kappa shape index (κ3) is 8.70. The zero-order chi connectivity index (χ0) is 17.6. The summed E-state index contributed by atoms with van der Waals surface area (Å²) in [5, 5.41) is 5.32. The van der Waals surface area contributed by atoms with Crippen LogP contribution in [0.1, 0.15) is 70.8 Å². The second-order valence-electron chi connectivity index (χ2n) is 6.28. The summed E-state index contributed by atoms with van der Waals surface area (Å²) in [6, 6.07) is 7.70. The van der Waals surface area contributed by atoms with Crippen molar-refractivity contribution in [1.29, 1.82) is 0 Å². The molecule has 0 radical (unpaired) electrons. The molecule has 24 heavy (non-hydrogen) atoms. The lowest BCUT2D eigenvalue weighted by molar-refractivity contribution is -0.136. The summed E-state index contributed by atoms with van der Waals surface area (Å²) in [5.74, 6) is -1.15. The molecule has 4 heteroatoms. The van der Waals surface area contributed by atoms with Crippen molar-refractivity contribution >= 4 is 17.5 Å². The van der Waals surface area contributed by atoms with Gasteiger partial charge in [-0.3, -0.25) is 9.59 Å². The fourth-order valence-corrected chi connectivity index (χ4v) is 2.51. The van der Waals surface area contributed by atoms with Crippen molar-refractivity contribution in [1.82, 2.24) is 5.32 Å². The first kappa shape index (κ1) is 20.2. The molecule has 1 rings (SSSR count). The molecule has 0 saturated heterocycles. The molecule has 0 aliphatic heterocycles. The van der Waals surface area contributed by atoms with Gasteiger partial charge in [0.2, 0.25) is 0 Å². The molecule has 0 bridgehead atoms. The van der Waals surface area contributed by atoms with Crippen LogP contribution in [0, 0.1) is 0 Å². The van der Waals surface area contributed by atoms with E-state index in [4.69, 9.17) is 0 Å². The Labute approximate surface area is 146 Å². The van der Waals surface area contributed by atoms with E-state index in [1.807, 2.05) is 24.3 Å². The number of aryl methyl sites for hydroxylation is 1. The molecular weight excluding hydrogens is 300 g/mol. The molecule has 2 amide bonds. The van der Waals surface area contributed by atoms with Gasteiger partial charge in [-0.1, -0.05) is 64.5 Å². The highest BCUT2D eigenvalue weighted by Gasteiger charge is 2.12. The largest absolute Gasteiger partial charge is 0.348 e. The lowest BCUT2D eigenvalue weighted by atomic mass is 10.1. The zero-order valence-corrected chi connectivity index (χ0v) is 15.2. The van der Waals surface area contributed by atoms with Gasteiger partial charge in [0, 0.05) is 12.2 Å². The van der Waals surface area contributed by atoms with E-state index >= 15 is 0 Å². The first-order chi connectivity index (χ1) is 11.7. The molecule has 0 saturated carbocycles. The number of carbonyl (C=O) groups is 2. The maximum Gasteiger partial charge on any atom is 0.313 e. The van der Waals surface area contributed by atoms with E-state index < -0.39 is 11.8 Å². The number of amides is 2. The summed E-state index contributed by atoms with van der Waals surface area (Å²) in [6.07, 6.45) is 10.3. The van der Waals surface area contributed by atoms with Crippen LogP contribution in [-0.4, -0.2) is 18.4 Å². The van der Waals surface area contributed by atoms with Crippen LogP contribution in [0.2, 0.25) is 0 Å². The highest BCUT2D eigenvalue weighted by atomic mass is 16.2. The maximum atomic E-state index is 11.9. The van der Waals surface area contributed by atoms with E-state index in [0.717, 1.165) is 32.1 Å². The van der Waals surface area contributed by atoms with Gasteiger partial charge in [0.05, 0.1) is 0 Å². The highest BCUT2D eigenvalue weighted by Crippen LogP contribution is 2.11. The van der Waals surface area contributed by atoms with Gasteiger partial charge in [-0.2, -0.15) is 0 Å². The van der Waals surface area contributed by atoms with Crippen molar-refractivity contribution in [3.05, 3.63) is 29.8 Å². The minimum Gasteiger partial charge on any atom is -0.348 e. The van der Waals surface area contributed by atoms with Crippen molar-refractivity contribution in [3.8, 4) is 0 Å². The van der Waals surface area contributed by atoms with Gasteiger partial charge in [0.15, 0.2) is 0 Å². The van der Waals surface area contributed by atoms with Gasteiger partial charge in [-0.25, -0.2) is 0 Å². The number of nitrogens with one attached hydrogen (secondary N) is 2. The number of benzene rings is 1. The number of hydrogen-bond donors (Lipinski definition) is 2. The van der Waals surface area contributed by atoms with E-state index in [1.54, 1.807) is 0 Å². The summed E-state index contributed by atoms with van der Waals surface area (Å²) in [4.78, 5) is 23.6. The van der Waals surface area contributed by atoms with Crippen molar-refractivity contribution in [2.24, 2.45) is 0 Å². The molecule has 2 N–H and O–H groups in total. The van der Waals surface area contributed by atoms with Crippen LogP contribution in [0.25, 0.3) is 0 Å². The Morgan fingerprint density at radius 2 is 1.42 bits per heavy atom. The molecule has 0 atom stereocenters. The number of carbonyl (C=O) groups excluding carboxylic acids is 2. The van der Waals surface area contributed by atoms with Gasteiger partial charge >= 0.3 is 11.8 Å². The molecule has 134 valence electrons. The number of anilines is 1. The minimum atomic E-state index is -0.595. The predicted octanol–water partition coefficient (Wildman–Crippen LogP) is 4.44. The lowest BCUT2D eigenvalue weighted by Gasteiger charge is -2.07. The topological polar surface area (TPSA) is 58.2 Å². The highest BCUT2D eigenvalue weighted by molar-refractivity contribution is 6.39. The molecular formula is C20H32N2O2. The summed E-state index contributed by atoms with van der Waals surface area (Å²) in [5.41, 5.74) is 1.91. The summed E-state index contributed by atoms with van der Waals surface area (Å²) < 4.78 is 0. The summed E-state index contributed by atoms with van der Waals surface area (Å²) in [7, 11) is 0. The third-order valence-electron chi connectivity index (χ3n) is 4.05. The second kappa shape index (κ2) is 12.6. The Balaban J connectivity index is 2.22. The SMILES string of the molecule is CCCCCCCCNC(=O)C(=O)Nc1ccc(CCCC)cc1. The molecule has 0 aliphatic carbocycles. The average molecular weight is 332 g/mol. The molecule has 1 aromatic rings. The van der Waals surface area contributed by atoms with Crippen LogP contribution in [0.15, 0.2) is 24.3 Å². The van der Waals surface area contributed by atoms with Crippen molar-refractivity contribution in [3.63, 3.8) is 0 Å². The number of hydrogen-bond acceptors (Lipinski definition) is 2. The first-order valence-electron chi connectivity index (χ1n) is 9.35. The normalized spacial score (nSPS) is 10.4. The van der Waals surface area contributed by atoms with Crippen LogP contribution in [-0.2, 0) is 16.0 Å². The molecule has 0 fully saturated rings. The van der Waals surface area contributed by atoms with Gasteiger partial charge in [0.1, 0.15) is 0 Å². The molecule has 0 aliphatic rings. The van der Waals surface area contributed by atoms with E-state index in [1.165, 1.54) is 31.2 Å². The Hall–Kier alpha value is -1.84. The molecule has 4 nitrogen and oxygen atoms in total. The Morgan fingerprint density at radius 1 is 0.792 bits per heavy atom. The standard InChI is InChI=1S/C20H32N2O2/c1-3-5-7-8-9-10-16-21-19(23)20(24)22-18-14-12-17(13-15-18)11-6-4-2/h12-15H,3-11,16H2,1-2H3,(H,21,23)(H,22,24). The minimum absolute atomic E-state index is 0.557. The summed E-state index contributed by atoms with van der Waals surface area (Å²) >= 11 is 0.